The Hall–Kier alpha value is -0.780. The van der Waals surface area contributed by atoms with Crippen LogP contribution in [0.3, 0.4) is 0 Å². The Kier molecular flexibility index (Phi) is 1.71. The van der Waals surface area contributed by atoms with Gasteiger partial charge in [0.05, 0.1) is 0 Å². The highest BCUT2D eigenvalue weighted by Gasteiger charge is 2.42. The van der Waals surface area contributed by atoms with Crippen LogP contribution in [0.5, 0.6) is 0 Å². The molecule has 0 saturated heterocycles. The summed E-state index contributed by atoms with van der Waals surface area (Å²) in [4.78, 5) is 0. The topological polar surface area (TPSA) is 0 Å². The van der Waals surface area contributed by atoms with E-state index < -0.39 is 0 Å². The van der Waals surface area contributed by atoms with Crippen molar-refractivity contribution in [2.45, 2.75) is 32.6 Å². The Morgan fingerprint density at radius 2 is 1.75 bits per heavy atom. The van der Waals surface area contributed by atoms with E-state index >= 15 is 0 Å². The molecule has 0 N–H and O–H groups in total. The maximum absolute atomic E-state index is 2.39. The van der Waals surface area contributed by atoms with Crippen LogP contribution in [0.2, 0.25) is 0 Å². The molecule has 0 nitrogen and oxygen atoms in total. The van der Waals surface area contributed by atoms with Gasteiger partial charge in [0.2, 0.25) is 0 Å². The lowest BCUT2D eigenvalue weighted by atomic mass is 9.86. The highest BCUT2D eigenvalue weighted by molar-refractivity contribution is 5.23. The lowest BCUT2D eigenvalue weighted by Gasteiger charge is -2.18. The summed E-state index contributed by atoms with van der Waals surface area (Å²) in [6.07, 6.45) is 2.81. The first-order chi connectivity index (χ1) is 5.72. The van der Waals surface area contributed by atoms with Crippen molar-refractivity contribution in [2.75, 3.05) is 0 Å². The first-order valence-corrected chi connectivity index (χ1v) is 4.77. The van der Waals surface area contributed by atoms with E-state index in [0.29, 0.717) is 5.41 Å². The maximum atomic E-state index is 2.39. The fraction of sp³-hybridized carbons (Fsp3) is 0.500. The summed E-state index contributed by atoms with van der Waals surface area (Å²) in [6, 6.07) is 10.9. The predicted molar refractivity (Wildman–Crippen MR) is 52.2 cm³/mol. The number of rotatable bonds is 2. The van der Waals surface area contributed by atoms with Crippen LogP contribution in [-0.2, 0) is 0 Å². The number of benzene rings is 1. The summed E-state index contributed by atoms with van der Waals surface area (Å²) < 4.78 is 0. The van der Waals surface area contributed by atoms with Gasteiger partial charge < -0.3 is 0 Å². The van der Waals surface area contributed by atoms with Crippen molar-refractivity contribution < 1.29 is 0 Å². The van der Waals surface area contributed by atoms with Gasteiger partial charge >= 0.3 is 0 Å². The van der Waals surface area contributed by atoms with Crippen LogP contribution in [0, 0.1) is 5.41 Å². The van der Waals surface area contributed by atoms with Crippen molar-refractivity contribution >= 4 is 0 Å². The third-order valence-electron chi connectivity index (χ3n) is 3.38. The standard InChI is InChI=1S/C12H16/c1-10(12(2)8-9-12)11-6-4-3-5-7-11/h3-7,10H,8-9H2,1-2H3/t10-/m1/s1. The molecule has 1 fully saturated rings. The summed E-state index contributed by atoms with van der Waals surface area (Å²) in [7, 11) is 0. The van der Waals surface area contributed by atoms with Crippen LogP contribution in [-0.4, -0.2) is 0 Å². The van der Waals surface area contributed by atoms with E-state index in [1.165, 1.54) is 18.4 Å². The van der Waals surface area contributed by atoms with E-state index in [9.17, 15) is 0 Å². The van der Waals surface area contributed by atoms with Gasteiger partial charge in [-0.3, -0.25) is 0 Å². The average Bonchev–Trinajstić information content (AvgIpc) is 2.85. The first-order valence-electron chi connectivity index (χ1n) is 4.77. The van der Waals surface area contributed by atoms with Crippen molar-refractivity contribution in [3.63, 3.8) is 0 Å². The molecule has 64 valence electrons. The van der Waals surface area contributed by atoms with Gasteiger partial charge in [0.1, 0.15) is 0 Å². The van der Waals surface area contributed by atoms with Gasteiger partial charge in [0, 0.05) is 0 Å². The summed E-state index contributed by atoms with van der Waals surface area (Å²) in [6.45, 7) is 4.74. The third-order valence-corrected chi connectivity index (χ3v) is 3.38. The molecule has 0 bridgehead atoms. The largest absolute Gasteiger partial charge is 0.0622 e. The Labute approximate surface area is 74.6 Å². The van der Waals surface area contributed by atoms with Gasteiger partial charge in [0.25, 0.3) is 0 Å². The Bertz CT molecular complexity index is 257. The zero-order valence-electron chi connectivity index (χ0n) is 7.88. The second-order valence-corrected chi connectivity index (χ2v) is 4.29. The molecule has 1 aromatic carbocycles. The summed E-state index contributed by atoms with van der Waals surface area (Å²) >= 11 is 0. The van der Waals surface area contributed by atoms with Crippen LogP contribution in [0.25, 0.3) is 0 Å². The van der Waals surface area contributed by atoms with Crippen molar-refractivity contribution in [2.24, 2.45) is 5.41 Å². The lowest BCUT2D eigenvalue weighted by Crippen LogP contribution is -2.05. The molecule has 0 aliphatic heterocycles. The summed E-state index contributed by atoms with van der Waals surface area (Å²) in [5.74, 6) is 0.735. The molecule has 1 aliphatic rings. The highest BCUT2D eigenvalue weighted by atomic mass is 14.5. The molecule has 1 atom stereocenters. The van der Waals surface area contributed by atoms with Crippen LogP contribution in [0.15, 0.2) is 30.3 Å². The second-order valence-electron chi connectivity index (χ2n) is 4.29. The van der Waals surface area contributed by atoms with Crippen molar-refractivity contribution in [1.82, 2.24) is 0 Å². The molecule has 1 aliphatic carbocycles. The van der Waals surface area contributed by atoms with Crippen molar-refractivity contribution in [3.05, 3.63) is 35.9 Å². The Morgan fingerprint density at radius 1 is 1.17 bits per heavy atom. The maximum Gasteiger partial charge on any atom is -0.0136 e. The molecular formula is C12H16. The van der Waals surface area contributed by atoms with Gasteiger partial charge in [-0.2, -0.15) is 0 Å². The predicted octanol–water partition coefficient (Wildman–Crippen LogP) is 3.59. The van der Waals surface area contributed by atoms with Crippen molar-refractivity contribution in [1.29, 1.82) is 0 Å². The van der Waals surface area contributed by atoms with E-state index in [4.69, 9.17) is 0 Å². The van der Waals surface area contributed by atoms with Gasteiger partial charge in [0.15, 0.2) is 0 Å². The van der Waals surface area contributed by atoms with Crippen LogP contribution in [0.4, 0.5) is 0 Å². The molecule has 0 heteroatoms. The van der Waals surface area contributed by atoms with E-state index in [1.807, 2.05) is 0 Å². The van der Waals surface area contributed by atoms with Gasteiger partial charge in [-0.1, -0.05) is 44.2 Å². The van der Waals surface area contributed by atoms with Crippen molar-refractivity contribution in [3.8, 4) is 0 Å². The minimum atomic E-state index is 0.612. The molecule has 1 saturated carbocycles. The lowest BCUT2D eigenvalue weighted by molar-refractivity contribution is 0.469. The van der Waals surface area contributed by atoms with E-state index in [1.54, 1.807) is 0 Å². The third kappa shape index (κ3) is 1.26. The fourth-order valence-electron chi connectivity index (χ4n) is 1.77. The zero-order valence-corrected chi connectivity index (χ0v) is 7.88. The molecule has 0 spiro atoms. The number of hydrogen-bond donors (Lipinski definition) is 0. The zero-order chi connectivity index (χ0) is 8.60. The smallest absolute Gasteiger partial charge is 0.0136 e. The van der Waals surface area contributed by atoms with E-state index in [2.05, 4.69) is 44.2 Å². The molecule has 12 heavy (non-hydrogen) atoms. The van der Waals surface area contributed by atoms with Gasteiger partial charge in [-0.05, 0) is 29.7 Å². The molecule has 2 rings (SSSR count). The summed E-state index contributed by atoms with van der Waals surface area (Å²) in [5, 5.41) is 0. The summed E-state index contributed by atoms with van der Waals surface area (Å²) in [5.41, 5.74) is 2.11. The second kappa shape index (κ2) is 2.62. The molecular weight excluding hydrogens is 144 g/mol. The molecule has 0 radical (unpaired) electrons. The molecule has 1 aromatic rings. The van der Waals surface area contributed by atoms with Crippen LogP contribution in [0.1, 0.15) is 38.2 Å². The molecule has 0 heterocycles. The average molecular weight is 160 g/mol. The van der Waals surface area contributed by atoms with Gasteiger partial charge in [-0.25, -0.2) is 0 Å². The Morgan fingerprint density at radius 3 is 2.25 bits per heavy atom. The van der Waals surface area contributed by atoms with Crippen LogP contribution < -0.4 is 0 Å². The molecule has 0 unspecified atom stereocenters. The first kappa shape index (κ1) is 7.85. The monoisotopic (exact) mass is 160 g/mol. The van der Waals surface area contributed by atoms with E-state index in [0.717, 1.165) is 5.92 Å². The number of hydrogen-bond acceptors (Lipinski definition) is 0. The minimum Gasteiger partial charge on any atom is -0.0622 e. The minimum absolute atomic E-state index is 0.612. The van der Waals surface area contributed by atoms with E-state index in [-0.39, 0.29) is 0 Å². The van der Waals surface area contributed by atoms with Gasteiger partial charge in [-0.15, -0.1) is 0 Å². The quantitative estimate of drug-likeness (QED) is 0.620. The normalized spacial score (nSPS) is 21.8. The fourth-order valence-corrected chi connectivity index (χ4v) is 1.77. The van der Waals surface area contributed by atoms with Crippen LogP contribution >= 0.6 is 0 Å². The SMILES string of the molecule is C[C@H](c1ccccc1)C1(C)CC1. The molecule has 0 aromatic heterocycles. The highest BCUT2D eigenvalue weighted by Crippen LogP contribution is 2.55. The Balaban J connectivity index is 2.20. The molecule has 0 amide bonds.